The average Bonchev–Trinajstić information content (AvgIpc) is 2.38. The summed E-state index contributed by atoms with van der Waals surface area (Å²) in [6.07, 6.45) is 0. The molecule has 4 heteroatoms. The van der Waals surface area contributed by atoms with Gasteiger partial charge in [0.1, 0.15) is 5.82 Å². The number of hydrogen-bond donors (Lipinski definition) is 1. The van der Waals surface area contributed by atoms with E-state index < -0.39 is 0 Å². The van der Waals surface area contributed by atoms with Crippen molar-refractivity contribution in [1.82, 2.24) is 4.90 Å². The highest BCUT2D eigenvalue weighted by molar-refractivity contribution is 5.94. The number of benzene rings is 2. The Labute approximate surface area is 111 Å². The number of nitrogens with zero attached hydrogens (tertiary/aromatic N) is 1. The Balaban J connectivity index is 2.12. The number of carbonyl (C=O) groups is 1. The number of rotatable bonds is 3. The molecule has 0 unspecified atom stereocenters. The Morgan fingerprint density at radius 2 is 1.95 bits per heavy atom. The summed E-state index contributed by atoms with van der Waals surface area (Å²) in [5, 5.41) is 0. The zero-order valence-corrected chi connectivity index (χ0v) is 10.6. The molecule has 0 aliphatic carbocycles. The molecule has 0 spiro atoms. The van der Waals surface area contributed by atoms with Crippen molar-refractivity contribution in [2.75, 3.05) is 12.8 Å². The second-order valence-electron chi connectivity index (χ2n) is 4.42. The molecule has 0 saturated carbocycles. The SMILES string of the molecule is CN(Cc1cccc(F)c1)C(=O)c1cccc(N)c1. The Morgan fingerprint density at radius 1 is 1.21 bits per heavy atom. The van der Waals surface area contributed by atoms with E-state index in [-0.39, 0.29) is 11.7 Å². The molecule has 19 heavy (non-hydrogen) atoms. The molecule has 0 aliphatic rings. The molecule has 2 aromatic rings. The van der Waals surface area contributed by atoms with E-state index in [1.54, 1.807) is 43.4 Å². The van der Waals surface area contributed by atoms with Crippen molar-refractivity contribution >= 4 is 11.6 Å². The second kappa shape index (κ2) is 5.52. The van der Waals surface area contributed by atoms with Crippen LogP contribution >= 0.6 is 0 Å². The minimum atomic E-state index is -0.303. The molecule has 0 radical (unpaired) electrons. The molecule has 0 saturated heterocycles. The predicted octanol–water partition coefficient (Wildman–Crippen LogP) is 2.68. The van der Waals surface area contributed by atoms with E-state index in [0.29, 0.717) is 17.8 Å². The fourth-order valence-corrected chi connectivity index (χ4v) is 1.87. The molecule has 3 nitrogen and oxygen atoms in total. The van der Waals surface area contributed by atoms with Crippen LogP contribution in [0.15, 0.2) is 48.5 Å². The number of anilines is 1. The highest BCUT2D eigenvalue weighted by Gasteiger charge is 2.12. The maximum Gasteiger partial charge on any atom is 0.253 e. The number of hydrogen-bond acceptors (Lipinski definition) is 2. The van der Waals surface area contributed by atoms with Gasteiger partial charge in [-0.1, -0.05) is 18.2 Å². The van der Waals surface area contributed by atoms with Crippen molar-refractivity contribution in [3.05, 3.63) is 65.5 Å². The zero-order valence-electron chi connectivity index (χ0n) is 10.6. The lowest BCUT2D eigenvalue weighted by Gasteiger charge is -2.17. The summed E-state index contributed by atoms with van der Waals surface area (Å²) in [5.41, 5.74) is 7.47. The third kappa shape index (κ3) is 3.31. The molecule has 2 aromatic carbocycles. The summed E-state index contributed by atoms with van der Waals surface area (Å²) in [7, 11) is 1.68. The van der Waals surface area contributed by atoms with Crippen molar-refractivity contribution in [1.29, 1.82) is 0 Å². The van der Waals surface area contributed by atoms with Crippen molar-refractivity contribution < 1.29 is 9.18 Å². The van der Waals surface area contributed by atoms with Gasteiger partial charge in [-0.3, -0.25) is 4.79 Å². The van der Waals surface area contributed by atoms with Crippen molar-refractivity contribution in [3.8, 4) is 0 Å². The first-order valence-electron chi connectivity index (χ1n) is 5.92. The fraction of sp³-hybridized carbons (Fsp3) is 0.133. The van der Waals surface area contributed by atoms with Crippen molar-refractivity contribution in [2.45, 2.75) is 6.54 Å². The summed E-state index contributed by atoms with van der Waals surface area (Å²) < 4.78 is 13.1. The average molecular weight is 258 g/mol. The molecule has 2 N–H and O–H groups in total. The van der Waals surface area contributed by atoms with Crippen LogP contribution in [0.1, 0.15) is 15.9 Å². The van der Waals surface area contributed by atoms with E-state index in [2.05, 4.69) is 0 Å². The predicted molar refractivity (Wildman–Crippen MR) is 73.1 cm³/mol. The molecule has 0 fully saturated rings. The van der Waals surface area contributed by atoms with Crippen LogP contribution in [-0.2, 0) is 6.54 Å². The molecule has 2 rings (SSSR count). The summed E-state index contributed by atoms with van der Waals surface area (Å²) in [6, 6.07) is 13.0. The molecule has 98 valence electrons. The quantitative estimate of drug-likeness (QED) is 0.860. The van der Waals surface area contributed by atoms with Crippen LogP contribution in [0.4, 0.5) is 10.1 Å². The minimum absolute atomic E-state index is 0.142. The van der Waals surface area contributed by atoms with Gasteiger partial charge < -0.3 is 10.6 Å². The maximum atomic E-state index is 13.1. The molecular formula is C15H15FN2O. The summed E-state index contributed by atoms with van der Waals surface area (Å²) >= 11 is 0. The van der Waals surface area contributed by atoms with Crippen LogP contribution in [-0.4, -0.2) is 17.9 Å². The first-order valence-corrected chi connectivity index (χ1v) is 5.92. The highest BCUT2D eigenvalue weighted by atomic mass is 19.1. The number of nitrogens with two attached hydrogens (primary N) is 1. The second-order valence-corrected chi connectivity index (χ2v) is 4.42. The lowest BCUT2D eigenvalue weighted by atomic mass is 10.1. The molecule has 0 aliphatic heterocycles. The van der Waals surface area contributed by atoms with E-state index in [4.69, 9.17) is 5.73 Å². The summed E-state index contributed by atoms with van der Waals surface area (Å²) in [5.74, 6) is -0.445. The van der Waals surface area contributed by atoms with Crippen LogP contribution < -0.4 is 5.73 Å². The first kappa shape index (κ1) is 13.1. The monoisotopic (exact) mass is 258 g/mol. The van der Waals surface area contributed by atoms with E-state index >= 15 is 0 Å². The van der Waals surface area contributed by atoms with Gasteiger partial charge in [-0.25, -0.2) is 4.39 Å². The smallest absolute Gasteiger partial charge is 0.253 e. The zero-order chi connectivity index (χ0) is 13.8. The number of carbonyl (C=O) groups excluding carboxylic acids is 1. The standard InChI is InChI=1S/C15H15FN2O/c1-18(10-11-4-2-6-13(16)8-11)15(19)12-5-3-7-14(17)9-12/h2-9H,10,17H2,1H3. The van der Waals surface area contributed by atoms with E-state index in [9.17, 15) is 9.18 Å². The van der Waals surface area contributed by atoms with Gasteiger partial charge in [-0.2, -0.15) is 0 Å². The molecule has 1 amide bonds. The molecule has 0 aromatic heterocycles. The number of nitrogen functional groups attached to an aromatic ring is 1. The third-order valence-electron chi connectivity index (χ3n) is 2.79. The lowest BCUT2D eigenvalue weighted by Crippen LogP contribution is -2.26. The van der Waals surface area contributed by atoms with E-state index in [1.807, 2.05) is 0 Å². The summed E-state index contributed by atoms with van der Waals surface area (Å²) in [6.45, 7) is 0.353. The van der Waals surface area contributed by atoms with Crippen LogP contribution in [0.3, 0.4) is 0 Å². The largest absolute Gasteiger partial charge is 0.399 e. The fourth-order valence-electron chi connectivity index (χ4n) is 1.87. The van der Waals surface area contributed by atoms with Crippen LogP contribution in [0.2, 0.25) is 0 Å². The lowest BCUT2D eigenvalue weighted by molar-refractivity contribution is 0.0785. The summed E-state index contributed by atoms with van der Waals surface area (Å²) in [4.78, 5) is 13.7. The minimum Gasteiger partial charge on any atom is -0.399 e. The molecule has 0 heterocycles. The maximum absolute atomic E-state index is 13.1. The number of amides is 1. The van der Waals surface area contributed by atoms with Crippen molar-refractivity contribution in [3.63, 3.8) is 0 Å². The van der Waals surface area contributed by atoms with Gasteiger partial charge in [0.15, 0.2) is 0 Å². The first-order chi connectivity index (χ1) is 9.06. The molecular weight excluding hydrogens is 243 g/mol. The molecule has 0 bridgehead atoms. The normalized spacial score (nSPS) is 10.2. The van der Waals surface area contributed by atoms with E-state index in [0.717, 1.165) is 5.56 Å². The van der Waals surface area contributed by atoms with Gasteiger partial charge in [0.2, 0.25) is 0 Å². The Bertz CT molecular complexity index is 598. The van der Waals surface area contributed by atoms with Gasteiger partial charge in [-0.15, -0.1) is 0 Å². The van der Waals surface area contributed by atoms with Crippen molar-refractivity contribution in [2.24, 2.45) is 0 Å². The van der Waals surface area contributed by atoms with Crippen LogP contribution in [0, 0.1) is 5.82 Å². The van der Waals surface area contributed by atoms with Gasteiger partial charge in [-0.05, 0) is 35.9 Å². The third-order valence-corrected chi connectivity index (χ3v) is 2.79. The topological polar surface area (TPSA) is 46.3 Å². The van der Waals surface area contributed by atoms with Crippen LogP contribution in [0.5, 0.6) is 0 Å². The van der Waals surface area contributed by atoms with Gasteiger partial charge in [0.25, 0.3) is 5.91 Å². The van der Waals surface area contributed by atoms with Gasteiger partial charge in [0, 0.05) is 24.8 Å². The Hall–Kier alpha value is -2.36. The Morgan fingerprint density at radius 3 is 2.63 bits per heavy atom. The van der Waals surface area contributed by atoms with Gasteiger partial charge >= 0.3 is 0 Å². The highest BCUT2D eigenvalue weighted by Crippen LogP contribution is 2.12. The van der Waals surface area contributed by atoms with Gasteiger partial charge in [0.05, 0.1) is 0 Å². The Kier molecular flexibility index (Phi) is 3.80. The number of halogens is 1. The van der Waals surface area contributed by atoms with Crippen LogP contribution in [0.25, 0.3) is 0 Å². The van der Waals surface area contributed by atoms with E-state index in [1.165, 1.54) is 17.0 Å². The molecule has 0 atom stereocenters.